The molecule has 1 unspecified atom stereocenters. The summed E-state index contributed by atoms with van der Waals surface area (Å²) in [5.41, 5.74) is 6.59. The monoisotopic (exact) mass is 361 g/mol. The number of carbonyl (C=O) groups excluding carboxylic acids is 1. The summed E-state index contributed by atoms with van der Waals surface area (Å²) in [6.45, 7) is 3.72. The van der Waals surface area contributed by atoms with Gasteiger partial charge in [0, 0.05) is 13.1 Å². The summed E-state index contributed by atoms with van der Waals surface area (Å²) >= 11 is 0. The average molecular weight is 361 g/mol. The fraction of sp³-hybridized carbons (Fsp3) is 0.278. The molecule has 0 aliphatic heterocycles. The minimum absolute atomic E-state index is 0.0762. The van der Waals surface area contributed by atoms with Crippen LogP contribution in [-0.4, -0.2) is 27.4 Å². The first-order valence-corrected chi connectivity index (χ1v) is 9.41. The van der Waals surface area contributed by atoms with Crippen molar-refractivity contribution in [3.05, 3.63) is 65.7 Å². The number of hydrogen-bond acceptors (Lipinski definition) is 4. The molecule has 0 saturated heterocycles. The van der Waals surface area contributed by atoms with E-state index in [2.05, 4.69) is 10.0 Å². The van der Waals surface area contributed by atoms with Gasteiger partial charge in [-0.2, -0.15) is 0 Å². The maximum absolute atomic E-state index is 12.3. The second-order valence-corrected chi connectivity index (χ2v) is 7.80. The first kappa shape index (κ1) is 19.1. The molecule has 0 radical (unpaired) electrons. The largest absolute Gasteiger partial charge is 0.353 e. The Labute approximate surface area is 148 Å². The van der Waals surface area contributed by atoms with Crippen LogP contribution >= 0.6 is 0 Å². The molecule has 4 N–H and O–H groups in total. The third-order valence-electron chi connectivity index (χ3n) is 3.88. The Kier molecular flexibility index (Phi) is 5.94. The van der Waals surface area contributed by atoms with Gasteiger partial charge in [0.25, 0.3) is 0 Å². The molecule has 25 heavy (non-hydrogen) atoms. The molecule has 2 aromatic carbocycles. The SMILES string of the molecule is Cc1ccc(S(=O)(=O)NCCNC(=O)C(C)(N)c2ccccc2)cc1. The van der Waals surface area contributed by atoms with Gasteiger partial charge in [0.05, 0.1) is 4.90 Å². The summed E-state index contributed by atoms with van der Waals surface area (Å²) in [6, 6.07) is 15.6. The molecule has 6 nitrogen and oxygen atoms in total. The van der Waals surface area contributed by atoms with E-state index in [9.17, 15) is 13.2 Å². The lowest BCUT2D eigenvalue weighted by molar-refractivity contribution is -0.126. The lowest BCUT2D eigenvalue weighted by Crippen LogP contribution is -2.50. The third-order valence-corrected chi connectivity index (χ3v) is 5.36. The highest BCUT2D eigenvalue weighted by atomic mass is 32.2. The van der Waals surface area contributed by atoms with Crippen molar-refractivity contribution in [1.29, 1.82) is 0 Å². The zero-order valence-electron chi connectivity index (χ0n) is 14.3. The van der Waals surface area contributed by atoms with Crippen LogP contribution in [0.5, 0.6) is 0 Å². The Bertz CT molecular complexity index is 816. The summed E-state index contributed by atoms with van der Waals surface area (Å²) < 4.78 is 26.8. The maximum Gasteiger partial charge on any atom is 0.244 e. The van der Waals surface area contributed by atoms with Gasteiger partial charge >= 0.3 is 0 Å². The molecule has 0 saturated carbocycles. The van der Waals surface area contributed by atoms with Gasteiger partial charge in [-0.25, -0.2) is 13.1 Å². The molecule has 0 bridgehead atoms. The van der Waals surface area contributed by atoms with Crippen LogP contribution in [-0.2, 0) is 20.4 Å². The molecule has 2 rings (SSSR count). The van der Waals surface area contributed by atoms with Gasteiger partial charge in [0.1, 0.15) is 5.54 Å². The predicted molar refractivity (Wildman–Crippen MR) is 97.4 cm³/mol. The van der Waals surface area contributed by atoms with Crippen LogP contribution in [0.4, 0.5) is 0 Å². The molecule has 7 heteroatoms. The van der Waals surface area contributed by atoms with Gasteiger partial charge in [-0.3, -0.25) is 4.79 Å². The first-order chi connectivity index (χ1) is 11.7. The van der Waals surface area contributed by atoms with Gasteiger partial charge in [0.2, 0.25) is 15.9 Å². The minimum atomic E-state index is -3.60. The normalized spacial score (nSPS) is 13.9. The van der Waals surface area contributed by atoms with Crippen molar-refractivity contribution < 1.29 is 13.2 Å². The first-order valence-electron chi connectivity index (χ1n) is 7.92. The van der Waals surface area contributed by atoms with Crippen LogP contribution in [0.25, 0.3) is 0 Å². The van der Waals surface area contributed by atoms with Gasteiger partial charge in [-0.15, -0.1) is 0 Å². The van der Waals surface area contributed by atoms with Crippen LogP contribution < -0.4 is 15.8 Å². The lowest BCUT2D eigenvalue weighted by atomic mass is 9.92. The Hall–Kier alpha value is -2.22. The third kappa shape index (κ3) is 4.88. The standard InChI is InChI=1S/C18H23N3O3S/c1-14-8-10-16(11-9-14)25(23,24)21-13-12-20-17(22)18(2,19)15-6-4-3-5-7-15/h3-11,21H,12-13,19H2,1-2H3,(H,20,22). The van der Waals surface area contributed by atoms with Crippen LogP contribution in [0.1, 0.15) is 18.1 Å². The van der Waals surface area contributed by atoms with Gasteiger partial charge < -0.3 is 11.1 Å². The van der Waals surface area contributed by atoms with Gasteiger partial charge in [-0.1, -0.05) is 48.0 Å². The molecule has 2 aromatic rings. The van der Waals surface area contributed by atoms with E-state index < -0.39 is 15.6 Å². The van der Waals surface area contributed by atoms with Crippen molar-refractivity contribution >= 4 is 15.9 Å². The highest BCUT2D eigenvalue weighted by molar-refractivity contribution is 7.89. The Morgan fingerprint density at radius 2 is 1.64 bits per heavy atom. The fourth-order valence-corrected chi connectivity index (χ4v) is 3.29. The van der Waals surface area contributed by atoms with Crippen molar-refractivity contribution in [2.24, 2.45) is 5.73 Å². The molecule has 0 aromatic heterocycles. The number of benzene rings is 2. The highest BCUT2D eigenvalue weighted by Crippen LogP contribution is 2.17. The smallest absolute Gasteiger partial charge is 0.244 e. The van der Waals surface area contributed by atoms with E-state index in [1.165, 1.54) is 0 Å². The number of carbonyl (C=O) groups is 1. The molecule has 0 fully saturated rings. The topological polar surface area (TPSA) is 101 Å². The number of rotatable bonds is 7. The van der Waals surface area contributed by atoms with Gasteiger partial charge in [0.15, 0.2) is 0 Å². The van der Waals surface area contributed by atoms with Crippen LogP contribution in [0, 0.1) is 6.92 Å². The minimum Gasteiger partial charge on any atom is -0.353 e. The van der Waals surface area contributed by atoms with Crippen LogP contribution in [0.3, 0.4) is 0 Å². The Morgan fingerprint density at radius 3 is 2.24 bits per heavy atom. The molecule has 0 aliphatic rings. The summed E-state index contributed by atoms with van der Waals surface area (Å²) in [5, 5.41) is 2.66. The van der Waals surface area contributed by atoms with E-state index in [1.807, 2.05) is 25.1 Å². The molecular weight excluding hydrogens is 338 g/mol. The number of amides is 1. The zero-order valence-corrected chi connectivity index (χ0v) is 15.1. The Morgan fingerprint density at radius 1 is 1.04 bits per heavy atom. The quantitative estimate of drug-likeness (QED) is 0.646. The van der Waals surface area contributed by atoms with E-state index in [1.54, 1.807) is 43.3 Å². The summed E-state index contributed by atoms with van der Waals surface area (Å²) in [6.07, 6.45) is 0. The number of aryl methyl sites for hydroxylation is 1. The summed E-state index contributed by atoms with van der Waals surface area (Å²) in [4.78, 5) is 12.5. The number of nitrogens with one attached hydrogen (secondary N) is 2. The van der Waals surface area contributed by atoms with E-state index in [0.717, 1.165) is 5.56 Å². The van der Waals surface area contributed by atoms with Crippen molar-refractivity contribution in [2.45, 2.75) is 24.3 Å². The number of nitrogens with two attached hydrogens (primary N) is 1. The van der Waals surface area contributed by atoms with Crippen molar-refractivity contribution in [3.8, 4) is 0 Å². The second-order valence-electron chi connectivity index (χ2n) is 6.04. The predicted octanol–water partition coefficient (Wildman–Crippen LogP) is 1.26. The fourth-order valence-electron chi connectivity index (χ4n) is 2.26. The van der Waals surface area contributed by atoms with Crippen LogP contribution in [0.15, 0.2) is 59.5 Å². The van der Waals surface area contributed by atoms with E-state index in [4.69, 9.17) is 5.73 Å². The van der Waals surface area contributed by atoms with Crippen LogP contribution in [0.2, 0.25) is 0 Å². The number of sulfonamides is 1. The summed E-state index contributed by atoms with van der Waals surface area (Å²) in [5.74, 6) is -0.367. The maximum atomic E-state index is 12.3. The van der Waals surface area contributed by atoms with E-state index >= 15 is 0 Å². The molecule has 1 atom stereocenters. The molecule has 134 valence electrons. The van der Waals surface area contributed by atoms with Gasteiger partial charge in [-0.05, 0) is 31.5 Å². The molecule has 1 amide bonds. The van der Waals surface area contributed by atoms with E-state index in [-0.39, 0.29) is 23.9 Å². The Balaban J connectivity index is 1.88. The molecule has 0 spiro atoms. The lowest BCUT2D eigenvalue weighted by Gasteiger charge is -2.24. The average Bonchev–Trinajstić information content (AvgIpc) is 2.59. The van der Waals surface area contributed by atoms with Crippen molar-refractivity contribution in [1.82, 2.24) is 10.0 Å². The highest BCUT2D eigenvalue weighted by Gasteiger charge is 2.29. The second kappa shape index (κ2) is 7.77. The van der Waals surface area contributed by atoms with E-state index in [0.29, 0.717) is 5.56 Å². The molecule has 0 aliphatic carbocycles. The molecule has 0 heterocycles. The van der Waals surface area contributed by atoms with Crippen molar-refractivity contribution in [2.75, 3.05) is 13.1 Å². The molecular formula is C18H23N3O3S. The zero-order chi connectivity index (χ0) is 18.5. The van der Waals surface area contributed by atoms with Crippen molar-refractivity contribution in [3.63, 3.8) is 0 Å². The summed E-state index contributed by atoms with van der Waals surface area (Å²) in [7, 11) is -3.60. The number of hydrogen-bond donors (Lipinski definition) is 3.